The molecule has 0 radical (unpaired) electrons. The lowest BCUT2D eigenvalue weighted by Crippen LogP contribution is -2.51. The van der Waals surface area contributed by atoms with Gasteiger partial charge in [-0.05, 0) is 49.8 Å². The molecule has 1 amide bonds. The molecule has 0 spiro atoms. The average molecular weight is 357 g/mol. The Morgan fingerprint density at radius 2 is 2.36 bits per heavy atom. The number of aromatic nitrogens is 4. The lowest BCUT2D eigenvalue weighted by atomic mass is 9.81. The van der Waals surface area contributed by atoms with E-state index in [1.165, 1.54) is 4.80 Å². The van der Waals surface area contributed by atoms with Crippen molar-refractivity contribution in [2.45, 2.75) is 18.4 Å². The number of thiol groups is 1. The second kappa shape index (κ2) is 6.82. The zero-order valence-electron chi connectivity index (χ0n) is 13.8. The number of nitrogens with zero attached hydrogens (tertiary/aromatic N) is 6. The Labute approximate surface area is 151 Å². The van der Waals surface area contributed by atoms with Crippen molar-refractivity contribution in [1.29, 1.82) is 5.26 Å². The van der Waals surface area contributed by atoms with Gasteiger partial charge in [0.05, 0.1) is 28.8 Å². The van der Waals surface area contributed by atoms with E-state index in [1.807, 2.05) is 7.05 Å². The molecule has 2 heterocycles. The summed E-state index contributed by atoms with van der Waals surface area (Å²) in [5, 5.41) is 21.9. The van der Waals surface area contributed by atoms with E-state index in [1.54, 1.807) is 24.3 Å². The average Bonchev–Trinajstić information content (AvgIpc) is 3.23. The first kappa shape index (κ1) is 17.4. The molecule has 2 aromatic rings. The van der Waals surface area contributed by atoms with Crippen LogP contribution in [0.5, 0.6) is 0 Å². The number of primary amides is 1. The molecular weight excluding hydrogens is 338 g/mol. The maximum absolute atomic E-state index is 12.0. The molecule has 130 valence electrons. The summed E-state index contributed by atoms with van der Waals surface area (Å²) in [7, 11) is 1.93. The van der Waals surface area contributed by atoms with E-state index in [9.17, 15) is 4.79 Å². The fourth-order valence-electron chi connectivity index (χ4n) is 3.53. The van der Waals surface area contributed by atoms with Gasteiger partial charge in [0.15, 0.2) is 5.82 Å². The minimum atomic E-state index is -0.710. The number of amides is 1. The minimum absolute atomic E-state index is 0.304. The fourth-order valence-corrected chi connectivity index (χ4v) is 4.01. The highest BCUT2D eigenvalue weighted by Crippen LogP contribution is 2.42. The van der Waals surface area contributed by atoms with Crippen molar-refractivity contribution in [3.8, 4) is 11.8 Å². The number of nitrogens with two attached hydrogens (primary N) is 1. The van der Waals surface area contributed by atoms with E-state index in [2.05, 4.69) is 39.0 Å². The molecule has 9 heteroatoms. The SMILES string of the molecule is CN1CCC[C@]1(c1nnn(-c2cccc(C#N)c2)n1)C(CS)C(N)=O. The van der Waals surface area contributed by atoms with Crippen molar-refractivity contribution in [3.05, 3.63) is 35.7 Å². The Balaban J connectivity index is 2.06. The molecule has 1 aliphatic heterocycles. The third-order valence-electron chi connectivity index (χ3n) is 4.84. The summed E-state index contributed by atoms with van der Waals surface area (Å²) in [6, 6.07) is 9.03. The highest BCUT2D eigenvalue weighted by molar-refractivity contribution is 7.80. The van der Waals surface area contributed by atoms with Gasteiger partial charge in [-0.15, -0.1) is 15.0 Å². The Bertz CT molecular complexity index is 830. The lowest BCUT2D eigenvalue weighted by Gasteiger charge is -2.38. The zero-order valence-corrected chi connectivity index (χ0v) is 14.7. The molecular formula is C16H19N7OS. The van der Waals surface area contributed by atoms with E-state index in [0.717, 1.165) is 13.0 Å². The number of hydrogen-bond acceptors (Lipinski definition) is 7. The smallest absolute Gasteiger partial charge is 0.223 e. The van der Waals surface area contributed by atoms with Crippen LogP contribution in [0.4, 0.5) is 0 Å². The Morgan fingerprint density at radius 3 is 2.96 bits per heavy atom. The number of likely N-dealkylation sites (tertiary alicyclic amines) is 1. The van der Waals surface area contributed by atoms with E-state index >= 15 is 0 Å². The van der Waals surface area contributed by atoms with E-state index in [-0.39, 0.29) is 0 Å². The lowest BCUT2D eigenvalue weighted by molar-refractivity contribution is -0.125. The molecule has 3 rings (SSSR count). The second-order valence-corrected chi connectivity index (χ2v) is 6.52. The van der Waals surface area contributed by atoms with Crippen LogP contribution in [0.15, 0.2) is 24.3 Å². The third kappa shape index (κ3) is 2.88. The molecule has 0 aliphatic carbocycles. The standard InChI is InChI=1S/C16H19N7OS/c1-22-7-3-6-16(22,13(10-25)14(18)24)15-19-21-23(20-15)12-5-2-4-11(8-12)9-17/h2,4-5,8,13,25H,3,6-7,10H2,1H3,(H2,18,24)/t13?,16-/m1/s1. The van der Waals surface area contributed by atoms with Crippen molar-refractivity contribution in [2.75, 3.05) is 19.3 Å². The first-order chi connectivity index (χ1) is 12.0. The molecule has 8 nitrogen and oxygen atoms in total. The highest BCUT2D eigenvalue weighted by Gasteiger charge is 2.52. The fraction of sp³-hybridized carbons (Fsp3) is 0.438. The number of carbonyl (C=O) groups excluding carboxylic acids is 1. The number of rotatable bonds is 5. The predicted molar refractivity (Wildman–Crippen MR) is 93.9 cm³/mol. The van der Waals surface area contributed by atoms with E-state index < -0.39 is 17.4 Å². The molecule has 0 saturated carbocycles. The zero-order chi connectivity index (χ0) is 18.0. The normalized spacial score (nSPS) is 21.8. The molecule has 1 aromatic heterocycles. The Morgan fingerprint density at radius 1 is 1.56 bits per heavy atom. The van der Waals surface area contributed by atoms with Gasteiger partial charge in [-0.3, -0.25) is 9.69 Å². The van der Waals surface area contributed by atoms with Gasteiger partial charge in [-0.1, -0.05) is 6.07 Å². The van der Waals surface area contributed by atoms with Crippen LogP contribution in [-0.4, -0.2) is 50.4 Å². The van der Waals surface area contributed by atoms with Crippen LogP contribution in [0.25, 0.3) is 5.69 Å². The van der Waals surface area contributed by atoms with Crippen molar-refractivity contribution in [1.82, 2.24) is 25.1 Å². The summed E-state index contributed by atoms with van der Waals surface area (Å²) in [6.07, 6.45) is 1.62. The molecule has 1 aliphatic rings. The number of benzene rings is 1. The monoisotopic (exact) mass is 357 g/mol. The molecule has 2 atom stereocenters. The molecule has 1 fully saturated rings. The van der Waals surface area contributed by atoms with Gasteiger partial charge in [0.25, 0.3) is 0 Å². The molecule has 1 unspecified atom stereocenters. The first-order valence-corrected chi connectivity index (χ1v) is 8.58. The van der Waals surface area contributed by atoms with Crippen molar-refractivity contribution < 1.29 is 4.79 Å². The molecule has 1 aromatic carbocycles. The predicted octanol–water partition coefficient (Wildman–Crippen LogP) is 0.486. The van der Waals surface area contributed by atoms with Gasteiger partial charge in [0.1, 0.15) is 0 Å². The highest BCUT2D eigenvalue weighted by atomic mass is 32.1. The summed E-state index contributed by atoms with van der Waals surface area (Å²) < 4.78 is 0. The Hall–Kier alpha value is -2.44. The van der Waals surface area contributed by atoms with Gasteiger partial charge in [-0.2, -0.15) is 17.9 Å². The first-order valence-electron chi connectivity index (χ1n) is 7.95. The maximum atomic E-state index is 12.0. The summed E-state index contributed by atoms with van der Waals surface area (Å²) in [5.74, 6) is -0.191. The number of nitriles is 1. The topological polar surface area (TPSA) is 114 Å². The second-order valence-electron chi connectivity index (χ2n) is 6.15. The molecule has 2 N–H and O–H groups in total. The van der Waals surface area contributed by atoms with Crippen LogP contribution in [0.2, 0.25) is 0 Å². The summed E-state index contributed by atoms with van der Waals surface area (Å²) in [4.78, 5) is 15.5. The van der Waals surface area contributed by atoms with Crippen LogP contribution in [0, 0.1) is 17.2 Å². The molecule has 0 bridgehead atoms. The minimum Gasteiger partial charge on any atom is -0.369 e. The van der Waals surface area contributed by atoms with Crippen LogP contribution in [-0.2, 0) is 10.3 Å². The van der Waals surface area contributed by atoms with E-state index in [4.69, 9.17) is 11.0 Å². The summed E-state index contributed by atoms with van der Waals surface area (Å²) in [6.45, 7) is 0.815. The Kier molecular flexibility index (Phi) is 4.74. The number of carbonyl (C=O) groups is 1. The number of hydrogen-bond donors (Lipinski definition) is 2. The van der Waals surface area contributed by atoms with Crippen molar-refractivity contribution in [2.24, 2.45) is 11.7 Å². The van der Waals surface area contributed by atoms with Gasteiger partial charge in [0, 0.05) is 5.75 Å². The van der Waals surface area contributed by atoms with E-state index in [0.29, 0.717) is 29.2 Å². The maximum Gasteiger partial charge on any atom is 0.223 e. The van der Waals surface area contributed by atoms with Crippen molar-refractivity contribution in [3.63, 3.8) is 0 Å². The quantitative estimate of drug-likeness (QED) is 0.753. The third-order valence-corrected chi connectivity index (χ3v) is 5.21. The van der Waals surface area contributed by atoms with Gasteiger partial charge in [-0.25, -0.2) is 0 Å². The van der Waals surface area contributed by atoms with Gasteiger partial charge < -0.3 is 5.73 Å². The molecule has 25 heavy (non-hydrogen) atoms. The summed E-state index contributed by atoms with van der Waals surface area (Å²) >= 11 is 4.33. The summed E-state index contributed by atoms with van der Waals surface area (Å²) in [5.41, 5.74) is 6.07. The molecule has 1 saturated heterocycles. The van der Waals surface area contributed by atoms with Crippen LogP contribution in [0.1, 0.15) is 24.2 Å². The van der Waals surface area contributed by atoms with Crippen LogP contribution in [0.3, 0.4) is 0 Å². The number of tetrazole rings is 1. The van der Waals surface area contributed by atoms with Crippen molar-refractivity contribution >= 4 is 18.5 Å². The largest absolute Gasteiger partial charge is 0.369 e. The van der Waals surface area contributed by atoms with Crippen LogP contribution >= 0.6 is 12.6 Å². The van der Waals surface area contributed by atoms with Gasteiger partial charge in [0.2, 0.25) is 5.91 Å². The van der Waals surface area contributed by atoms with Crippen LogP contribution < -0.4 is 5.73 Å². The van der Waals surface area contributed by atoms with Gasteiger partial charge >= 0.3 is 0 Å².